The van der Waals surface area contributed by atoms with Crippen LogP contribution in [0.25, 0.3) is 0 Å². The second kappa shape index (κ2) is 5.60. The van der Waals surface area contributed by atoms with Crippen LogP contribution in [0.4, 0.5) is 5.82 Å². The summed E-state index contributed by atoms with van der Waals surface area (Å²) in [7, 11) is 1.61. The molecule has 5 heteroatoms. The predicted molar refractivity (Wildman–Crippen MR) is 71.0 cm³/mol. The number of halogens is 1. The molecule has 2 rings (SSSR count). The van der Waals surface area contributed by atoms with Crippen LogP contribution in [0.5, 0.6) is 11.5 Å². The van der Waals surface area contributed by atoms with Crippen molar-refractivity contribution in [1.29, 1.82) is 0 Å². The van der Waals surface area contributed by atoms with Crippen LogP contribution in [0.3, 0.4) is 0 Å². The smallest absolute Gasteiger partial charge is 0.132 e. The van der Waals surface area contributed by atoms with Crippen LogP contribution >= 0.6 is 11.6 Å². The molecule has 1 aromatic carbocycles. The Morgan fingerprint density at radius 1 is 1.22 bits per heavy atom. The zero-order valence-electron chi connectivity index (χ0n) is 9.89. The van der Waals surface area contributed by atoms with E-state index in [1.54, 1.807) is 25.3 Å². The lowest BCUT2D eigenvalue weighted by Gasteiger charge is -2.08. The molecular formula is C13H13ClN2O2. The van der Waals surface area contributed by atoms with E-state index in [2.05, 4.69) is 4.98 Å². The molecule has 1 heterocycles. The minimum Gasteiger partial charge on any atom is -0.497 e. The van der Waals surface area contributed by atoms with Crippen molar-refractivity contribution in [1.82, 2.24) is 4.98 Å². The van der Waals surface area contributed by atoms with Crippen LogP contribution in [-0.2, 0) is 6.61 Å². The Hall–Kier alpha value is -1.94. The number of nitrogens with two attached hydrogens (primary N) is 1. The lowest BCUT2D eigenvalue weighted by atomic mass is 10.3. The highest BCUT2D eigenvalue weighted by Crippen LogP contribution is 2.21. The lowest BCUT2D eigenvalue weighted by Crippen LogP contribution is -2.01. The van der Waals surface area contributed by atoms with Crippen LogP contribution in [0, 0.1) is 0 Å². The first-order chi connectivity index (χ1) is 8.69. The zero-order chi connectivity index (χ0) is 13.0. The molecule has 2 N–H and O–H groups in total. The highest BCUT2D eigenvalue weighted by Gasteiger charge is 2.04. The molecule has 0 amide bonds. The first kappa shape index (κ1) is 12.5. The van der Waals surface area contributed by atoms with Crippen molar-refractivity contribution in [3.63, 3.8) is 0 Å². The molecule has 18 heavy (non-hydrogen) atoms. The summed E-state index contributed by atoms with van der Waals surface area (Å²) in [5.41, 5.74) is 6.21. The van der Waals surface area contributed by atoms with Crippen LogP contribution in [0.1, 0.15) is 5.69 Å². The van der Waals surface area contributed by atoms with Crippen LogP contribution in [0.15, 0.2) is 36.4 Å². The molecule has 2 aromatic rings. The molecule has 4 nitrogen and oxygen atoms in total. The molecule has 1 aromatic heterocycles. The van der Waals surface area contributed by atoms with Gasteiger partial charge < -0.3 is 15.2 Å². The van der Waals surface area contributed by atoms with Crippen molar-refractivity contribution in [3.8, 4) is 11.5 Å². The third-order valence-corrected chi connectivity index (χ3v) is 2.70. The van der Waals surface area contributed by atoms with Gasteiger partial charge in [-0.1, -0.05) is 17.7 Å². The third-order valence-electron chi connectivity index (χ3n) is 2.36. The lowest BCUT2D eigenvalue weighted by molar-refractivity contribution is 0.299. The summed E-state index contributed by atoms with van der Waals surface area (Å²) in [5, 5.41) is 0.534. The second-order valence-electron chi connectivity index (χ2n) is 3.63. The summed E-state index contributed by atoms with van der Waals surface area (Å²) in [5.74, 6) is 1.84. The van der Waals surface area contributed by atoms with Gasteiger partial charge in [0.15, 0.2) is 0 Å². The molecule has 0 atom stereocenters. The molecule has 0 radical (unpaired) electrons. The second-order valence-corrected chi connectivity index (χ2v) is 4.04. The van der Waals surface area contributed by atoms with Gasteiger partial charge in [-0.25, -0.2) is 4.98 Å². The van der Waals surface area contributed by atoms with E-state index < -0.39 is 0 Å². The van der Waals surface area contributed by atoms with E-state index in [1.165, 1.54) is 0 Å². The number of rotatable bonds is 4. The number of methoxy groups -OCH3 is 1. The maximum absolute atomic E-state index is 6.00. The summed E-state index contributed by atoms with van der Waals surface area (Å²) in [6, 6.07) is 10.7. The number of hydrogen-bond donors (Lipinski definition) is 1. The average Bonchev–Trinajstić information content (AvgIpc) is 2.40. The molecule has 0 bridgehead atoms. The molecule has 0 unspecified atom stereocenters. The Morgan fingerprint density at radius 3 is 2.78 bits per heavy atom. The number of nitrogen functional groups attached to an aromatic ring is 1. The van der Waals surface area contributed by atoms with Gasteiger partial charge in [0.25, 0.3) is 0 Å². The van der Waals surface area contributed by atoms with Crippen LogP contribution in [-0.4, -0.2) is 12.1 Å². The van der Waals surface area contributed by atoms with Gasteiger partial charge in [0.2, 0.25) is 0 Å². The predicted octanol–water partition coefficient (Wildman–Crippen LogP) is 2.90. The molecule has 0 saturated carbocycles. The standard InChI is InChI=1S/C13H13ClN2O2/c1-17-9-3-2-4-10(7-9)18-8-12-11(14)5-6-13(15)16-12/h2-7H,8H2,1H3,(H2,15,16). The van der Waals surface area contributed by atoms with Gasteiger partial charge in [-0.2, -0.15) is 0 Å². The van der Waals surface area contributed by atoms with E-state index in [1.807, 2.05) is 18.2 Å². The number of anilines is 1. The minimum absolute atomic E-state index is 0.261. The van der Waals surface area contributed by atoms with Crippen molar-refractivity contribution in [2.45, 2.75) is 6.61 Å². The average molecular weight is 265 g/mol. The van der Waals surface area contributed by atoms with Gasteiger partial charge in [0, 0.05) is 6.07 Å². The molecule has 0 aliphatic carbocycles. The van der Waals surface area contributed by atoms with E-state index in [-0.39, 0.29) is 6.61 Å². The zero-order valence-corrected chi connectivity index (χ0v) is 10.6. The minimum atomic E-state index is 0.261. The van der Waals surface area contributed by atoms with Gasteiger partial charge in [-0.3, -0.25) is 0 Å². The largest absolute Gasteiger partial charge is 0.497 e. The Balaban J connectivity index is 2.08. The number of nitrogens with zero attached hydrogens (tertiary/aromatic N) is 1. The maximum Gasteiger partial charge on any atom is 0.132 e. The number of ether oxygens (including phenoxy) is 2. The first-order valence-corrected chi connectivity index (χ1v) is 5.74. The number of pyridine rings is 1. The normalized spacial score (nSPS) is 10.1. The van der Waals surface area contributed by atoms with Gasteiger partial charge in [0.05, 0.1) is 17.8 Å². The highest BCUT2D eigenvalue weighted by atomic mass is 35.5. The number of aromatic nitrogens is 1. The van der Waals surface area contributed by atoms with Crippen molar-refractivity contribution >= 4 is 17.4 Å². The van der Waals surface area contributed by atoms with E-state index >= 15 is 0 Å². The summed E-state index contributed by atoms with van der Waals surface area (Å²) in [6.07, 6.45) is 0. The maximum atomic E-state index is 6.00. The van der Waals surface area contributed by atoms with Crippen LogP contribution in [0.2, 0.25) is 5.02 Å². The summed E-state index contributed by atoms with van der Waals surface area (Å²) in [4.78, 5) is 4.12. The van der Waals surface area contributed by atoms with E-state index in [9.17, 15) is 0 Å². The van der Waals surface area contributed by atoms with Crippen molar-refractivity contribution < 1.29 is 9.47 Å². The van der Waals surface area contributed by atoms with Gasteiger partial charge in [-0.15, -0.1) is 0 Å². The van der Waals surface area contributed by atoms with Gasteiger partial charge in [0.1, 0.15) is 23.9 Å². The molecule has 0 spiro atoms. The van der Waals surface area contributed by atoms with Crippen molar-refractivity contribution in [2.24, 2.45) is 0 Å². The Kier molecular flexibility index (Phi) is 3.89. The molecule has 94 valence electrons. The molecular weight excluding hydrogens is 252 g/mol. The fourth-order valence-electron chi connectivity index (χ4n) is 1.45. The third kappa shape index (κ3) is 3.05. The Morgan fingerprint density at radius 2 is 2.00 bits per heavy atom. The van der Waals surface area contributed by atoms with Crippen LogP contribution < -0.4 is 15.2 Å². The Bertz CT molecular complexity index is 546. The van der Waals surface area contributed by atoms with E-state index in [4.69, 9.17) is 26.8 Å². The van der Waals surface area contributed by atoms with Crippen molar-refractivity contribution in [3.05, 3.63) is 47.1 Å². The topological polar surface area (TPSA) is 57.4 Å². The Labute approximate surface area is 110 Å². The fraction of sp³-hybridized carbons (Fsp3) is 0.154. The fourth-order valence-corrected chi connectivity index (χ4v) is 1.60. The van der Waals surface area contributed by atoms with E-state index in [0.717, 1.165) is 5.75 Å². The highest BCUT2D eigenvalue weighted by molar-refractivity contribution is 6.31. The SMILES string of the molecule is COc1cccc(OCc2nc(N)ccc2Cl)c1. The monoisotopic (exact) mass is 264 g/mol. The summed E-state index contributed by atoms with van der Waals surface area (Å²) in [6.45, 7) is 0.261. The molecule has 0 saturated heterocycles. The van der Waals surface area contributed by atoms with Gasteiger partial charge >= 0.3 is 0 Å². The quantitative estimate of drug-likeness (QED) is 0.922. The van der Waals surface area contributed by atoms with E-state index in [0.29, 0.717) is 22.3 Å². The number of benzene rings is 1. The molecule has 0 fully saturated rings. The first-order valence-electron chi connectivity index (χ1n) is 5.37. The molecule has 0 aliphatic rings. The summed E-state index contributed by atoms with van der Waals surface area (Å²) >= 11 is 6.00. The number of hydrogen-bond acceptors (Lipinski definition) is 4. The molecule has 0 aliphatic heterocycles. The van der Waals surface area contributed by atoms with Gasteiger partial charge in [-0.05, 0) is 24.3 Å². The summed E-state index contributed by atoms with van der Waals surface area (Å²) < 4.78 is 10.7. The van der Waals surface area contributed by atoms with Crippen molar-refractivity contribution in [2.75, 3.05) is 12.8 Å².